The standard InChI is InChI=1S/C18H32N2O5SSi/c1-12-9-20(17(22)19-16(12)21)15-8-13(23-11-26-5)14(25-15)10-24-27(6,7)18(2,3)4/h9,13-15H,8,10-11H2,1-7H3,(H,19,21,22)/t13?,14-,15-/m1/s1. The Morgan fingerprint density at radius 2 is 2.04 bits per heavy atom. The van der Waals surface area contributed by atoms with E-state index in [0.717, 1.165) is 0 Å². The number of aromatic amines is 1. The smallest absolute Gasteiger partial charge is 0.330 e. The third-order valence-electron chi connectivity index (χ3n) is 5.45. The number of ether oxygens (including phenoxy) is 2. The van der Waals surface area contributed by atoms with Crippen LogP contribution in [0.3, 0.4) is 0 Å². The fourth-order valence-electron chi connectivity index (χ4n) is 2.66. The molecule has 2 heterocycles. The highest BCUT2D eigenvalue weighted by Gasteiger charge is 2.42. The molecule has 1 fully saturated rings. The Morgan fingerprint density at radius 3 is 2.63 bits per heavy atom. The number of aromatic nitrogens is 2. The maximum Gasteiger partial charge on any atom is 0.330 e. The van der Waals surface area contributed by atoms with Crippen molar-refractivity contribution in [3.63, 3.8) is 0 Å². The molecule has 1 aliphatic heterocycles. The van der Waals surface area contributed by atoms with Gasteiger partial charge in [-0.25, -0.2) is 4.79 Å². The fraction of sp³-hybridized carbons (Fsp3) is 0.778. The molecule has 1 aromatic heterocycles. The molecule has 9 heteroatoms. The highest BCUT2D eigenvalue weighted by molar-refractivity contribution is 7.98. The minimum absolute atomic E-state index is 0.105. The summed E-state index contributed by atoms with van der Waals surface area (Å²) < 4.78 is 19.9. The van der Waals surface area contributed by atoms with Crippen LogP contribution in [0, 0.1) is 6.92 Å². The second-order valence-corrected chi connectivity index (χ2v) is 14.1. The Bertz CT molecular complexity index is 755. The van der Waals surface area contributed by atoms with Crippen LogP contribution in [-0.2, 0) is 13.9 Å². The second-order valence-electron chi connectivity index (χ2n) is 8.53. The van der Waals surface area contributed by atoms with Crippen LogP contribution in [0.25, 0.3) is 0 Å². The molecule has 154 valence electrons. The van der Waals surface area contributed by atoms with Gasteiger partial charge in [-0.3, -0.25) is 14.3 Å². The van der Waals surface area contributed by atoms with Gasteiger partial charge in [0.05, 0.1) is 18.6 Å². The van der Waals surface area contributed by atoms with Crippen LogP contribution in [0.4, 0.5) is 0 Å². The summed E-state index contributed by atoms with van der Waals surface area (Å²) in [5, 5.41) is 0.105. The van der Waals surface area contributed by atoms with Crippen molar-refractivity contribution in [1.82, 2.24) is 9.55 Å². The zero-order valence-electron chi connectivity index (χ0n) is 17.3. The van der Waals surface area contributed by atoms with Gasteiger partial charge in [0.25, 0.3) is 5.56 Å². The van der Waals surface area contributed by atoms with Crippen molar-refractivity contribution in [2.75, 3.05) is 18.8 Å². The highest BCUT2D eigenvalue weighted by atomic mass is 32.2. The lowest BCUT2D eigenvalue weighted by atomic mass is 10.2. The molecule has 1 N–H and O–H groups in total. The lowest BCUT2D eigenvalue weighted by molar-refractivity contribution is -0.0529. The van der Waals surface area contributed by atoms with Crippen LogP contribution in [0.1, 0.15) is 39.0 Å². The molecule has 0 saturated carbocycles. The Kier molecular flexibility index (Phi) is 7.18. The largest absolute Gasteiger partial charge is 0.414 e. The third-order valence-corrected chi connectivity index (χ3v) is 10.3. The Balaban J connectivity index is 2.18. The summed E-state index contributed by atoms with van der Waals surface area (Å²) in [6.07, 6.45) is 3.17. The molecule has 7 nitrogen and oxygen atoms in total. The Labute approximate surface area is 165 Å². The monoisotopic (exact) mass is 416 g/mol. The lowest BCUT2D eigenvalue weighted by Crippen LogP contribution is -2.44. The molecule has 1 saturated heterocycles. The summed E-state index contributed by atoms with van der Waals surface area (Å²) in [6.45, 7) is 13.1. The van der Waals surface area contributed by atoms with Crippen LogP contribution < -0.4 is 11.2 Å². The molecule has 2 rings (SSSR count). The highest BCUT2D eigenvalue weighted by Crippen LogP contribution is 2.38. The average molecular weight is 417 g/mol. The SMILES string of the molecule is CSCOC1C[C@H](n2cc(C)c(=O)[nH]c2=O)O[C@@H]1CO[Si](C)(C)C(C)(C)C. The maximum atomic E-state index is 12.2. The number of thioether (sulfide) groups is 1. The van der Waals surface area contributed by atoms with Gasteiger partial charge in [-0.15, -0.1) is 11.8 Å². The van der Waals surface area contributed by atoms with Gasteiger partial charge in [-0.05, 0) is 31.3 Å². The molecule has 0 amide bonds. The van der Waals surface area contributed by atoms with E-state index in [9.17, 15) is 9.59 Å². The minimum Gasteiger partial charge on any atom is -0.414 e. The molecule has 3 atom stereocenters. The topological polar surface area (TPSA) is 82.6 Å². The van der Waals surface area contributed by atoms with Crippen molar-refractivity contribution >= 4 is 20.1 Å². The van der Waals surface area contributed by atoms with Crippen molar-refractivity contribution in [3.05, 3.63) is 32.6 Å². The minimum atomic E-state index is -1.92. The van der Waals surface area contributed by atoms with Crippen LogP contribution in [-0.4, -0.2) is 48.9 Å². The zero-order chi connectivity index (χ0) is 20.4. The van der Waals surface area contributed by atoms with E-state index in [4.69, 9.17) is 13.9 Å². The first-order chi connectivity index (χ1) is 12.5. The molecule has 1 aliphatic rings. The van der Waals surface area contributed by atoms with Gasteiger partial charge in [0.15, 0.2) is 8.32 Å². The van der Waals surface area contributed by atoms with Crippen LogP contribution in [0.5, 0.6) is 0 Å². The molecule has 0 bridgehead atoms. The second kappa shape index (κ2) is 8.65. The number of rotatable bonds is 7. The summed E-state index contributed by atoms with van der Waals surface area (Å²) in [5.74, 6) is 0.552. The molecule has 1 aromatic rings. The molecule has 27 heavy (non-hydrogen) atoms. The number of hydrogen-bond acceptors (Lipinski definition) is 6. The van der Waals surface area contributed by atoms with E-state index in [-0.39, 0.29) is 22.8 Å². The Hall–Kier alpha value is -0.873. The maximum absolute atomic E-state index is 12.2. The molecule has 0 radical (unpaired) electrons. The summed E-state index contributed by atoms with van der Waals surface area (Å²) >= 11 is 1.60. The van der Waals surface area contributed by atoms with Gasteiger partial charge in [0.2, 0.25) is 0 Å². The van der Waals surface area contributed by atoms with Gasteiger partial charge in [-0.1, -0.05) is 20.8 Å². The average Bonchev–Trinajstić information content (AvgIpc) is 2.96. The molecule has 0 aromatic carbocycles. The van der Waals surface area contributed by atoms with Gasteiger partial charge in [0, 0.05) is 18.2 Å². The van der Waals surface area contributed by atoms with Gasteiger partial charge in [0.1, 0.15) is 12.3 Å². The van der Waals surface area contributed by atoms with Crippen molar-refractivity contribution in [2.24, 2.45) is 0 Å². The zero-order valence-corrected chi connectivity index (χ0v) is 19.1. The van der Waals surface area contributed by atoms with Crippen LogP contribution >= 0.6 is 11.8 Å². The summed E-state index contributed by atoms with van der Waals surface area (Å²) in [4.78, 5) is 26.2. The number of H-pyrrole nitrogens is 1. The van der Waals surface area contributed by atoms with E-state index in [0.29, 0.717) is 24.5 Å². The lowest BCUT2D eigenvalue weighted by Gasteiger charge is -2.37. The van der Waals surface area contributed by atoms with Crippen molar-refractivity contribution in [1.29, 1.82) is 0 Å². The van der Waals surface area contributed by atoms with Gasteiger partial charge >= 0.3 is 5.69 Å². The van der Waals surface area contributed by atoms with E-state index in [1.165, 1.54) is 4.57 Å². The first-order valence-corrected chi connectivity index (χ1v) is 13.5. The quantitative estimate of drug-likeness (QED) is 0.544. The van der Waals surface area contributed by atoms with E-state index >= 15 is 0 Å². The predicted octanol–water partition coefficient (Wildman–Crippen LogP) is 2.86. The van der Waals surface area contributed by atoms with Crippen LogP contribution in [0.2, 0.25) is 18.1 Å². The molecular formula is C18H32N2O5SSi. The van der Waals surface area contributed by atoms with E-state index in [1.54, 1.807) is 24.9 Å². The van der Waals surface area contributed by atoms with E-state index < -0.39 is 20.2 Å². The fourth-order valence-corrected chi connectivity index (χ4v) is 3.98. The van der Waals surface area contributed by atoms with Crippen LogP contribution in [0.15, 0.2) is 15.8 Å². The first-order valence-electron chi connectivity index (χ1n) is 9.18. The summed E-state index contributed by atoms with van der Waals surface area (Å²) in [7, 11) is -1.92. The molecule has 0 spiro atoms. The number of nitrogens with zero attached hydrogens (tertiary/aromatic N) is 1. The first kappa shape index (κ1) is 22.4. The summed E-state index contributed by atoms with van der Waals surface area (Å²) in [6, 6.07) is 0. The molecule has 1 unspecified atom stereocenters. The van der Waals surface area contributed by atoms with E-state index in [1.807, 2.05) is 6.26 Å². The van der Waals surface area contributed by atoms with Crippen molar-refractivity contribution in [3.8, 4) is 0 Å². The Morgan fingerprint density at radius 1 is 1.37 bits per heavy atom. The number of aryl methyl sites for hydroxylation is 1. The summed E-state index contributed by atoms with van der Waals surface area (Å²) in [5.41, 5.74) is -0.367. The van der Waals surface area contributed by atoms with Gasteiger partial charge < -0.3 is 13.9 Å². The van der Waals surface area contributed by atoms with E-state index in [2.05, 4.69) is 38.8 Å². The van der Waals surface area contributed by atoms with Crippen molar-refractivity contribution in [2.45, 2.75) is 70.7 Å². The predicted molar refractivity (Wildman–Crippen MR) is 111 cm³/mol. The molecule has 0 aliphatic carbocycles. The normalized spacial score (nSPS) is 23.7. The third kappa shape index (κ3) is 5.35. The van der Waals surface area contributed by atoms with Crippen molar-refractivity contribution < 1.29 is 13.9 Å². The number of nitrogens with one attached hydrogen (secondary N) is 1. The van der Waals surface area contributed by atoms with Gasteiger partial charge in [-0.2, -0.15) is 0 Å². The number of hydrogen-bond donors (Lipinski definition) is 1. The molecular weight excluding hydrogens is 384 g/mol.